The fourth-order valence-corrected chi connectivity index (χ4v) is 5.17. The average Bonchev–Trinajstić information content (AvgIpc) is 3.03. The van der Waals surface area contributed by atoms with Crippen LogP contribution in [0, 0.1) is 29.1 Å². The molecule has 1 saturated heterocycles. The molecule has 0 bridgehead atoms. The number of carbonyl (C=O) groups is 1. The summed E-state index contributed by atoms with van der Waals surface area (Å²) in [5, 5.41) is 5.86. The Morgan fingerprint density at radius 3 is 2.00 bits per heavy atom. The van der Waals surface area contributed by atoms with Crippen LogP contribution in [0.2, 0.25) is 5.02 Å². The van der Waals surface area contributed by atoms with E-state index in [4.69, 9.17) is 28.6 Å². The van der Waals surface area contributed by atoms with E-state index in [1.165, 1.54) is 0 Å². The number of nitrogens with zero attached hydrogens (tertiary/aromatic N) is 2. The van der Waals surface area contributed by atoms with Gasteiger partial charge in [0.2, 0.25) is 5.82 Å². The zero-order valence-corrected chi connectivity index (χ0v) is 24.4. The molecule has 228 valence electrons. The minimum atomic E-state index is -2.19. The van der Waals surface area contributed by atoms with Gasteiger partial charge in [-0.15, -0.1) is 0 Å². The lowest BCUT2D eigenvalue weighted by atomic mass is 10.2. The van der Waals surface area contributed by atoms with Gasteiger partial charge in [-0.2, -0.15) is 0 Å². The molecule has 1 amide bonds. The van der Waals surface area contributed by atoms with Crippen molar-refractivity contribution in [2.75, 3.05) is 41.3 Å². The van der Waals surface area contributed by atoms with Crippen LogP contribution in [0.25, 0.3) is 0 Å². The third kappa shape index (κ3) is 6.87. The SMILES string of the molecule is O=C(NC(=S)Nc1ccc(N2CCN(c3c(F)c(F)c(F)c(F)c3F)CC2)c(Cl)c1)c1ccc(OCc2ccccc2)cc1. The molecule has 0 atom stereocenters. The number of piperazine rings is 1. The molecule has 1 fully saturated rings. The Kier molecular flexibility index (Phi) is 9.50. The minimum Gasteiger partial charge on any atom is -0.489 e. The van der Waals surface area contributed by atoms with Crippen LogP contribution in [-0.2, 0) is 6.61 Å². The van der Waals surface area contributed by atoms with Crippen molar-refractivity contribution >= 4 is 51.9 Å². The molecule has 6 nitrogen and oxygen atoms in total. The number of hydrogen-bond acceptors (Lipinski definition) is 5. The van der Waals surface area contributed by atoms with Gasteiger partial charge in [0.25, 0.3) is 5.91 Å². The fourth-order valence-electron chi connectivity index (χ4n) is 4.66. The number of hydrogen-bond donors (Lipinski definition) is 2. The first-order valence-electron chi connectivity index (χ1n) is 13.3. The first-order valence-corrected chi connectivity index (χ1v) is 14.1. The highest BCUT2D eigenvalue weighted by atomic mass is 35.5. The molecule has 0 saturated carbocycles. The van der Waals surface area contributed by atoms with Crippen LogP contribution in [0.3, 0.4) is 0 Å². The second kappa shape index (κ2) is 13.5. The highest BCUT2D eigenvalue weighted by Gasteiger charge is 2.31. The Hall–Kier alpha value is -4.42. The van der Waals surface area contributed by atoms with Gasteiger partial charge in [0.15, 0.2) is 28.4 Å². The number of carbonyl (C=O) groups excluding carboxylic acids is 1. The Labute approximate surface area is 260 Å². The highest BCUT2D eigenvalue weighted by molar-refractivity contribution is 7.80. The van der Waals surface area contributed by atoms with E-state index in [1.807, 2.05) is 35.2 Å². The molecule has 1 aliphatic heterocycles. The summed E-state index contributed by atoms with van der Waals surface area (Å²) in [5.74, 6) is -9.70. The number of nitrogens with one attached hydrogen (secondary N) is 2. The first kappa shape index (κ1) is 31.0. The van der Waals surface area contributed by atoms with Crippen molar-refractivity contribution in [3.05, 3.63) is 118 Å². The molecule has 0 aliphatic carbocycles. The predicted molar refractivity (Wildman–Crippen MR) is 163 cm³/mol. The monoisotopic (exact) mass is 646 g/mol. The molecule has 0 aromatic heterocycles. The second-order valence-corrected chi connectivity index (χ2v) is 10.6. The number of ether oxygens (including phenoxy) is 1. The van der Waals surface area contributed by atoms with Gasteiger partial charge in [-0.25, -0.2) is 22.0 Å². The molecule has 1 heterocycles. The van der Waals surface area contributed by atoms with Gasteiger partial charge < -0.3 is 19.9 Å². The van der Waals surface area contributed by atoms with Crippen molar-refractivity contribution in [3.8, 4) is 5.75 Å². The van der Waals surface area contributed by atoms with E-state index in [1.54, 1.807) is 42.5 Å². The van der Waals surface area contributed by atoms with Crippen LogP contribution in [0.1, 0.15) is 15.9 Å². The average molecular weight is 647 g/mol. The number of amides is 1. The lowest BCUT2D eigenvalue weighted by Gasteiger charge is -2.38. The summed E-state index contributed by atoms with van der Waals surface area (Å²) in [6.45, 7) is 0.791. The van der Waals surface area contributed by atoms with Crippen LogP contribution >= 0.6 is 23.8 Å². The van der Waals surface area contributed by atoms with Gasteiger partial charge >= 0.3 is 0 Å². The fraction of sp³-hybridized carbons (Fsp3) is 0.161. The Morgan fingerprint density at radius 1 is 0.795 bits per heavy atom. The summed E-state index contributed by atoms with van der Waals surface area (Å²) in [6, 6.07) is 21.3. The summed E-state index contributed by atoms with van der Waals surface area (Å²) in [7, 11) is 0. The largest absolute Gasteiger partial charge is 0.489 e. The molecule has 4 aromatic carbocycles. The maximum Gasteiger partial charge on any atom is 0.257 e. The summed E-state index contributed by atoms with van der Waals surface area (Å²) < 4.78 is 75.0. The van der Waals surface area contributed by atoms with Gasteiger partial charge in [-0.05, 0) is 60.2 Å². The van der Waals surface area contributed by atoms with Crippen molar-refractivity contribution in [3.63, 3.8) is 0 Å². The van der Waals surface area contributed by atoms with Crippen LogP contribution in [-0.4, -0.2) is 37.2 Å². The Bertz CT molecular complexity index is 1660. The van der Waals surface area contributed by atoms with Crippen LogP contribution in [0.15, 0.2) is 72.8 Å². The summed E-state index contributed by atoms with van der Waals surface area (Å²) in [4.78, 5) is 15.6. The van der Waals surface area contributed by atoms with E-state index < -0.39 is 40.7 Å². The molecular formula is C31H24ClF5N4O2S. The van der Waals surface area contributed by atoms with E-state index in [0.717, 1.165) is 10.5 Å². The van der Waals surface area contributed by atoms with Crippen molar-refractivity contribution in [2.24, 2.45) is 0 Å². The maximum atomic E-state index is 14.2. The van der Waals surface area contributed by atoms with Gasteiger partial charge in [0.1, 0.15) is 18.0 Å². The summed E-state index contributed by atoms with van der Waals surface area (Å²) in [5.41, 5.74) is 1.54. The zero-order chi connectivity index (χ0) is 31.4. The number of halogens is 6. The lowest BCUT2D eigenvalue weighted by Crippen LogP contribution is -2.47. The lowest BCUT2D eigenvalue weighted by molar-refractivity contribution is 0.0977. The highest BCUT2D eigenvalue weighted by Crippen LogP contribution is 2.33. The van der Waals surface area contributed by atoms with Crippen molar-refractivity contribution in [1.29, 1.82) is 0 Å². The second-order valence-electron chi connectivity index (χ2n) is 9.77. The van der Waals surface area contributed by atoms with E-state index in [0.29, 0.717) is 34.3 Å². The Balaban J connectivity index is 1.14. The van der Waals surface area contributed by atoms with Crippen molar-refractivity contribution in [1.82, 2.24) is 5.32 Å². The minimum absolute atomic E-state index is 0.00900. The van der Waals surface area contributed by atoms with Crippen molar-refractivity contribution < 1.29 is 31.5 Å². The molecule has 1 aliphatic rings. The first-order chi connectivity index (χ1) is 21.1. The van der Waals surface area contributed by atoms with E-state index in [9.17, 15) is 26.7 Å². The third-order valence-electron chi connectivity index (χ3n) is 6.92. The molecule has 5 rings (SSSR count). The van der Waals surface area contributed by atoms with E-state index >= 15 is 0 Å². The zero-order valence-electron chi connectivity index (χ0n) is 22.9. The Morgan fingerprint density at radius 2 is 1.39 bits per heavy atom. The molecule has 13 heteroatoms. The molecule has 2 N–H and O–H groups in total. The molecule has 4 aromatic rings. The van der Waals surface area contributed by atoms with Gasteiger partial charge in [-0.1, -0.05) is 41.9 Å². The predicted octanol–water partition coefficient (Wildman–Crippen LogP) is 7.07. The van der Waals surface area contributed by atoms with E-state index in [-0.39, 0.29) is 31.3 Å². The maximum absolute atomic E-state index is 14.2. The van der Waals surface area contributed by atoms with E-state index in [2.05, 4.69) is 10.6 Å². The smallest absolute Gasteiger partial charge is 0.257 e. The van der Waals surface area contributed by atoms with Crippen LogP contribution in [0.4, 0.5) is 39.0 Å². The van der Waals surface area contributed by atoms with Gasteiger partial charge in [0.05, 0.1) is 10.7 Å². The molecule has 44 heavy (non-hydrogen) atoms. The summed E-state index contributed by atoms with van der Waals surface area (Å²) in [6.07, 6.45) is 0. The molecule has 0 unspecified atom stereocenters. The van der Waals surface area contributed by atoms with Gasteiger partial charge in [-0.3, -0.25) is 10.1 Å². The molecule has 0 spiro atoms. The van der Waals surface area contributed by atoms with Crippen LogP contribution < -0.4 is 25.2 Å². The quantitative estimate of drug-likeness (QED) is 0.0970. The number of rotatable bonds is 7. The number of benzene rings is 4. The normalized spacial score (nSPS) is 13.0. The molecule has 0 radical (unpaired) electrons. The topological polar surface area (TPSA) is 56.8 Å². The number of anilines is 3. The van der Waals surface area contributed by atoms with Gasteiger partial charge in [0, 0.05) is 37.4 Å². The molecular weight excluding hydrogens is 623 g/mol. The third-order valence-corrected chi connectivity index (χ3v) is 7.43. The van der Waals surface area contributed by atoms with Crippen LogP contribution in [0.5, 0.6) is 5.75 Å². The van der Waals surface area contributed by atoms with Crippen molar-refractivity contribution in [2.45, 2.75) is 6.61 Å². The summed E-state index contributed by atoms with van der Waals surface area (Å²) >= 11 is 11.8. The number of thiocarbonyl (C=S) groups is 1. The standard InChI is InChI=1S/C31H24ClF5N4O2S/c32-22-16-20(38-31(44)39-30(42)19-6-9-21(10-7-19)43-17-18-4-2-1-3-5-18)8-11-23(22)40-12-14-41(15-13-40)29-27(36)25(34)24(33)26(35)28(29)37/h1-11,16H,12-15,17H2,(H2,38,39,42,44).